The van der Waals surface area contributed by atoms with Crippen molar-refractivity contribution in [3.63, 3.8) is 0 Å². The fraction of sp³-hybridized carbons (Fsp3) is 0.429. The quantitative estimate of drug-likeness (QED) is 0.523. The molecule has 2 heteroatoms. The number of aryl methyl sites for hydroxylation is 2. The van der Waals surface area contributed by atoms with Crippen LogP contribution < -0.4 is 0 Å². The van der Waals surface area contributed by atoms with Gasteiger partial charge in [0, 0.05) is 22.7 Å². The number of hydrogen-bond donors (Lipinski definition) is 0. The van der Waals surface area contributed by atoms with E-state index >= 15 is 0 Å². The minimum absolute atomic E-state index is 0.179. The Balaban J connectivity index is 2.21. The van der Waals surface area contributed by atoms with E-state index in [4.69, 9.17) is 9.97 Å². The molecule has 0 N–H and O–H groups in total. The van der Waals surface area contributed by atoms with E-state index in [1.54, 1.807) is 0 Å². The highest BCUT2D eigenvalue weighted by molar-refractivity contribution is 6.07. The Bertz CT molecular complexity index is 965. The Morgan fingerprint density at radius 3 is 2.39 bits per heavy atom. The molecule has 0 radical (unpaired) electrons. The first-order chi connectivity index (χ1) is 10.7. The number of hydrogen-bond acceptors (Lipinski definition) is 2. The van der Waals surface area contributed by atoms with Gasteiger partial charge >= 0.3 is 0 Å². The summed E-state index contributed by atoms with van der Waals surface area (Å²) in [6.07, 6.45) is 3.28. The van der Waals surface area contributed by atoms with Gasteiger partial charge < -0.3 is 0 Å². The highest BCUT2D eigenvalue weighted by atomic mass is 14.7. The second kappa shape index (κ2) is 4.31. The molecule has 1 aromatic carbocycles. The minimum atomic E-state index is 0.179. The van der Waals surface area contributed by atoms with Crippen LogP contribution in [0.1, 0.15) is 56.5 Å². The van der Waals surface area contributed by atoms with Crippen molar-refractivity contribution < 1.29 is 0 Å². The van der Waals surface area contributed by atoms with Crippen molar-refractivity contribution in [2.24, 2.45) is 0 Å². The molecule has 2 nitrogen and oxygen atoms in total. The van der Waals surface area contributed by atoms with E-state index in [0.29, 0.717) is 0 Å². The summed E-state index contributed by atoms with van der Waals surface area (Å²) < 4.78 is 0. The van der Waals surface area contributed by atoms with E-state index in [9.17, 15) is 0 Å². The first-order valence-electron chi connectivity index (χ1n) is 8.41. The van der Waals surface area contributed by atoms with Gasteiger partial charge in [0.2, 0.25) is 0 Å². The maximum Gasteiger partial charge on any atom is 0.0799 e. The van der Waals surface area contributed by atoms with Crippen molar-refractivity contribution in [1.29, 1.82) is 0 Å². The number of pyridine rings is 2. The summed E-state index contributed by atoms with van der Waals surface area (Å²) in [6, 6.07) is 6.57. The Morgan fingerprint density at radius 2 is 1.65 bits per heavy atom. The normalized spacial score (nSPS) is 18.5. The molecule has 0 fully saturated rings. The SMILES string of the molecule is Cc1ccc2c(n1)c(C)cc1c3c(cnc12)C(C)(C)CC3(C)C. The fourth-order valence-corrected chi connectivity index (χ4v) is 4.75. The molecule has 2 heterocycles. The van der Waals surface area contributed by atoms with Crippen LogP contribution in [-0.4, -0.2) is 9.97 Å². The molecule has 2 aromatic heterocycles. The zero-order chi connectivity index (χ0) is 16.6. The van der Waals surface area contributed by atoms with Crippen LogP contribution in [0, 0.1) is 13.8 Å². The van der Waals surface area contributed by atoms with Gasteiger partial charge in [-0.05, 0) is 66.0 Å². The minimum Gasteiger partial charge on any atom is -0.255 e. The monoisotopic (exact) mass is 304 g/mol. The fourth-order valence-electron chi connectivity index (χ4n) is 4.75. The molecule has 23 heavy (non-hydrogen) atoms. The van der Waals surface area contributed by atoms with Crippen LogP contribution in [0.5, 0.6) is 0 Å². The summed E-state index contributed by atoms with van der Waals surface area (Å²) >= 11 is 0. The Kier molecular flexibility index (Phi) is 2.74. The first kappa shape index (κ1) is 14.6. The lowest BCUT2D eigenvalue weighted by molar-refractivity contribution is 0.404. The van der Waals surface area contributed by atoms with Gasteiger partial charge in [-0.25, -0.2) is 0 Å². The summed E-state index contributed by atoms with van der Waals surface area (Å²) in [5.41, 5.74) is 7.75. The topological polar surface area (TPSA) is 25.8 Å². The van der Waals surface area contributed by atoms with Gasteiger partial charge in [0.05, 0.1) is 11.0 Å². The molecular formula is C21H24N2. The van der Waals surface area contributed by atoms with Crippen molar-refractivity contribution in [1.82, 2.24) is 9.97 Å². The van der Waals surface area contributed by atoms with Crippen LogP contribution in [-0.2, 0) is 10.8 Å². The molecule has 118 valence electrons. The number of aromatic nitrogens is 2. The van der Waals surface area contributed by atoms with Gasteiger partial charge in [-0.3, -0.25) is 9.97 Å². The maximum absolute atomic E-state index is 4.87. The number of nitrogens with zero attached hydrogens (tertiary/aromatic N) is 2. The van der Waals surface area contributed by atoms with Gasteiger partial charge in [0.1, 0.15) is 0 Å². The van der Waals surface area contributed by atoms with Gasteiger partial charge in [-0.2, -0.15) is 0 Å². The standard InChI is InChI=1S/C21H24N2/c1-12-9-15-17-16(20(3,4)11-21(17,5)6)10-22-19(15)14-8-7-13(2)23-18(12)14/h7-10H,11H2,1-6H3. The zero-order valence-electron chi connectivity index (χ0n) is 14.9. The lowest BCUT2D eigenvalue weighted by Gasteiger charge is -2.23. The second-order valence-corrected chi connectivity index (χ2v) is 8.43. The molecule has 0 unspecified atom stereocenters. The second-order valence-electron chi connectivity index (χ2n) is 8.43. The molecule has 0 amide bonds. The van der Waals surface area contributed by atoms with Gasteiger partial charge in [0.15, 0.2) is 0 Å². The third kappa shape index (κ3) is 1.94. The van der Waals surface area contributed by atoms with Crippen LogP contribution in [0.15, 0.2) is 24.4 Å². The summed E-state index contributed by atoms with van der Waals surface area (Å²) in [5.74, 6) is 0. The van der Waals surface area contributed by atoms with Crippen LogP contribution in [0.4, 0.5) is 0 Å². The third-order valence-corrected chi connectivity index (χ3v) is 5.43. The predicted molar refractivity (Wildman–Crippen MR) is 97.2 cm³/mol. The molecule has 0 saturated carbocycles. The van der Waals surface area contributed by atoms with Crippen molar-refractivity contribution >= 4 is 21.8 Å². The van der Waals surface area contributed by atoms with Crippen LogP contribution in [0.3, 0.4) is 0 Å². The third-order valence-electron chi connectivity index (χ3n) is 5.43. The average molecular weight is 304 g/mol. The van der Waals surface area contributed by atoms with E-state index < -0.39 is 0 Å². The number of rotatable bonds is 0. The molecule has 1 aliphatic carbocycles. The van der Waals surface area contributed by atoms with Crippen molar-refractivity contribution in [2.45, 2.75) is 58.8 Å². The lowest BCUT2D eigenvalue weighted by atomic mass is 9.81. The van der Waals surface area contributed by atoms with Crippen LogP contribution in [0.25, 0.3) is 21.8 Å². The van der Waals surface area contributed by atoms with E-state index in [0.717, 1.165) is 16.7 Å². The summed E-state index contributed by atoms with van der Waals surface area (Å²) in [6.45, 7) is 13.6. The van der Waals surface area contributed by atoms with Crippen LogP contribution in [0.2, 0.25) is 0 Å². The van der Waals surface area contributed by atoms with Crippen molar-refractivity contribution in [2.75, 3.05) is 0 Å². The molecule has 0 spiro atoms. The largest absolute Gasteiger partial charge is 0.255 e. The molecule has 0 saturated heterocycles. The molecular weight excluding hydrogens is 280 g/mol. The molecule has 0 aliphatic heterocycles. The number of fused-ring (bicyclic) bond motifs is 5. The molecule has 0 atom stereocenters. The van der Waals surface area contributed by atoms with E-state index in [-0.39, 0.29) is 10.8 Å². The predicted octanol–water partition coefficient (Wildman–Crippen LogP) is 5.36. The Hall–Kier alpha value is -1.96. The van der Waals surface area contributed by atoms with Gasteiger partial charge in [-0.15, -0.1) is 0 Å². The Labute approximate surface area is 138 Å². The van der Waals surface area contributed by atoms with Gasteiger partial charge in [0.25, 0.3) is 0 Å². The smallest absolute Gasteiger partial charge is 0.0799 e. The van der Waals surface area contributed by atoms with Crippen LogP contribution >= 0.6 is 0 Å². The highest BCUT2D eigenvalue weighted by Crippen LogP contribution is 2.51. The average Bonchev–Trinajstić information content (AvgIpc) is 2.64. The first-order valence-corrected chi connectivity index (χ1v) is 8.41. The van der Waals surface area contributed by atoms with E-state index in [1.165, 1.54) is 33.9 Å². The highest BCUT2D eigenvalue weighted by Gasteiger charge is 2.43. The summed E-state index contributed by atoms with van der Waals surface area (Å²) in [4.78, 5) is 9.62. The maximum atomic E-state index is 4.87. The molecule has 0 bridgehead atoms. The molecule has 1 aliphatic rings. The van der Waals surface area contributed by atoms with Crippen molar-refractivity contribution in [3.05, 3.63) is 46.8 Å². The lowest BCUT2D eigenvalue weighted by Crippen LogP contribution is -2.18. The summed E-state index contributed by atoms with van der Waals surface area (Å²) in [5, 5.41) is 2.49. The van der Waals surface area contributed by atoms with E-state index in [1.807, 2.05) is 6.92 Å². The summed E-state index contributed by atoms with van der Waals surface area (Å²) in [7, 11) is 0. The van der Waals surface area contributed by atoms with E-state index in [2.05, 4.69) is 59.0 Å². The van der Waals surface area contributed by atoms with Gasteiger partial charge in [-0.1, -0.05) is 27.7 Å². The number of benzene rings is 1. The Morgan fingerprint density at radius 1 is 0.913 bits per heavy atom. The molecule has 3 aromatic rings. The van der Waals surface area contributed by atoms with Crippen molar-refractivity contribution in [3.8, 4) is 0 Å². The zero-order valence-corrected chi connectivity index (χ0v) is 14.9. The molecule has 4 rings (SSSR count).